The number of aromatic nitrogens is 5. The number of pyridine rings is 1. The van der Waals surface area contributed by atoms with Gasteiger partial charge < -0.3 is 25.1 Å². The number of hydrogen-bond donors (Lipinski definition) is 3. The van der Waals surface area contributed by atoms with Crippen LogP contribution in [0.3, 0.4) is 0 Å². The third-order valence-corrected chi connectivity index (χ3v) is 6.59. The van der Waals surface area contributed by atoms with E-state index < -0.39 is 23.4 Å². The predicted octanol–water partition coefficient (Wildman–Crippen LogP) is 2.92. The smallest absolute Gasteiger partial charge is 0.289 e. The van der Waals surface area contributed by atoms with Crippen LogP contribution < -0.4 is 16.2 Å². The summed E-state index contributed by atoms with van der Waals surface area (Å²) in [6.45, 7) is 4.48. The molecule has 4 rings (SSSR count). The monoisotopic (exact) mass is 584 g/mol. The van der Waals surface area contributed by atoms with E-state index in [4.69, 9.17) is 4.98 Å². The van der Waals surface area contributed by atoms with Crippen molar-refractivity contribution in [2.45, 2.75) is 45.7 Å². The first kappa shape index (κ1) is 30.8. The molecule has 0 spiro atoms. The highest BCUT2D eigenvalue weighted by Gasteiger charge is 2.23. The lowest BCUT2D eigenvalue weighted by atomic mass is 10.0. The lowest BCUT2D eigenvalue weighted by Gasteiger charge is -2.18. The van der Waals surface area contributed by atoms with Crippen LogP contribution in [0, 0.1) is 5.92 Å². The molecule has 12 heteroatoms. The van der Waals surface area contributed by atoms with E-state index >= 15 is 0 Å². The Bertz CT molecular complexity index is 1670. The third-order valence-electron chi connectivity index (χ3n) is 6.59. The number of aromatic amines is 1. The first-order valence-electron chi connectivity index (χ1n) is 14.0. The number of anilines is 1. The predicted molar refractivity (Wildman–Crippen MR) is 163 cm³/mol. The largest absolute Gasteiger partial charge is 0.345 e. The quantitative estimate of drug-likeness (QED) is 0.216. The van der Waals surface area contributed by atoms with Crippen LogP contribution >= 0.6 is 0 Å². The van der Waals surface area contributed by atoms with Gasteiger partial charge in [-0.25, -0.2) is 15.0 Å². The molecule has 1 aromatic carbocycles. The number of hydrogen-bond acceptors (Lipinski definition) is 7. The number of fused-ring (bicyclic) bond motifs is 1. The fourth-order valence-corrected chi connectivity index (χ4v) is 4.46. The number of allylic oxidation sites excluding steroid dienone is 1. The van der Waals surface area contributed by atoms with Crippen LogP contribution in [0.1, 0.15) is 48.7 Å². The summed E-state index contributed by atoms with van der Waals surface area (Å²) in [5, 5.41) is 5.30. The molecule has 3 heterocycles. The highest BCUT2D eigenvalue weighted by Crippen LogP contribution is 2.20. The lowest BCUT2D eigenvalue weighted by Crippen LogP contribution is -2.45. The van der Waals surface area contributed by atoms with Gasteiger partial charge in [0.2, 0.25) is 17.6 Å². The van der Waals surface area contributed by atoms with Gasteiger partial charge in [0.15, 0.2) is 0 Å². The number of H-pyrrole nitrogens is 1. The molecular formula is C31H36N8O4. The Morgan fingerprint density at radius 2 is 1.84 bits per heavy atom. The van der Waals surface area contributed by atoms with Crippen molar-refractivity contribution in [1.82, 2.24) is 34.7 Å². The molecule has 3 N–H and O–H groups in total. The van der Waals surface area contributed by atoms with Crippen molar-refractivity contribution in [3.05, 3.63) is 94.7 Å². The third kappa shape index (κ3) is 8.22. The molecule has 0 fully saturated rings. The van der Waals surface area contributed by atoms with Crippen molar-refractivity contribution in [2.75, 3.05) is 19.4 Å². The maximum atomic E-state index is 13.3. The molecule has 12 nitrogen and oxygen atoms in total. The normalized spacial score (nSPS) is 12.0. The molecule has 0 aliphatic rings. The van der Waals surface area contributed by atoms with Gasteiger partial charge in [-0.15, -0.1) is 0 Å². The van der Waals surface area contributed by atoms with Crippen LogP contribution in [0.4, 0.5) is 5.69 Å². The highest BCUT2D eigenvalue weighted by molar-refractivity contribution is 5.99. The maximum absolute atomic E-state index is 13.3. The molecule has 0 aliphatic carbocycles. The number of amides is 3. The maximum Gasteiger partial charge on any atom is 0.289 e. The van der Waals surface area contributed by atoms with E-state index in [2.05, 4.69) is 45.5 Å². The molecule has 224 valence electrons. The fourth-order valence-electron chi connectivity index (χ4n) is 4.46. The lowest BCUT2D eigenvalue weighted by molar-refractivity contribution is -0.123. The topological polar surface area (TPSA) is 155 Å². The molecule has 4 aromatic rings. The Morgan fingerprint density at radius 1 is 1.07 bits per heavy atom. The summed E-state index contributed by atoms with van der Waals surface area (Å²) >= 11 is 0. The Balaban J connectivity index is 1.51. The summed E-state index contributed by atoms with van der Waals surface area (Å²) in [6, 6.07) is 9.71. The number of carbonyl (C=O) groups is 3. The zero-order valence-electron chi connectivity index (χ0n) is 24.7. The average molecular weight is 585 g/mol. The zero-order chi connectivity index (χ0) is 30.9. The molecule has 0 saturated heterocycles. The van der Waals surface area contributed by atoms with Crippen molar-refractivity contribution >= 4 is 34.4 Å². The standard InChI is InChI=1S/C31H36N8O4/c1-20(2)18-21-10-7-12-22-27(21)37-25(34-22)19-39-17-8-13-24(31(39)43)36-29(41)23(11-5-6-14-26(40)38(3)4)35-30(42)28-32-15-9-16-33-28/h6-10,12-17,20,23H,5,11,18-19H2,1-4H3,(H,34,37)(H,35,42)(H,36,41)/b14-6+. The van der Waals surface area contributed by atoms with Gasteiger partial charge in [-0.05, 0) is 61.1 Å². The molecule has 0 saturated carbocycles. The van der Waals surface area contributed by atoms with E-state index in [0.717, 1.165) is 23.0 Å². The van der Waals surface area contributed by atoms with Gasteiger partial charge in [-0.2, -0.15) is 0 Å². The number of rotatable bonds is 12. The summed E-state index contributed by atoms with van der Waals surface area (Å²) in [5.41, 5.74) is 2.54. The first-order valence-corrected chi connectivity index (χ1v) is 14.0. The van der Waals surface area contributed by atoms with Gasteiger partial charge in [-0.3, -0.25) is 19.2 Å². The second kappa shape index (κ2) is 14.2. The molecule has 43 heavy (non-hydrogen) atoms. The Hall–Kier alpha value is -5.13. The molecular weight excluding hydrogens is 548 g/mol. The van der Waals surface area contributed by atoms with Crippen LogP contribution in [-0.4, -0.2) is 67.3 Å². The number of likely N-dealkylation sites (N-methyl/N-ethyl adjacent to an activating group) is 1. The molecule has 0 radical (unpaired) electrons. The van der Waals surface area contributed by atoms with E-state index in [1.807, 2.05) is 12.1 Å². The number of carbonyl (C=O) groups excluding carboxylic acids is 3. The minimum Gasteiger partial charge on any atom is -0.345 e. The number of nitrogens with zero attached hydrogens (tertiary/aromatic N) is 5. The summed E-state index contributed by atoms with van der Waals surface area (Å²) in [7, 11) is 3.27. The van der Waals surface area contributed by atoms with Gasteiger partial charge in [0, 0.05) is 32.7 Å². The number of nitrogens with one attached hydrogen (secondary N) is 3. The summed E-state index contributed by atoms with van der Waals surface area (Å²) in [5.74, 6) is -0.436. The van der Waals surface area contributed by atoms with Crippen LogP contribution in [0.15, 0.2) is 71.9 Å². The molecule has 3 aromatic heterocycles. The number of imidazole rings is 1. The van der Waals surface area contributed by atoms with Crippen LogP contribution in [-0.2, 0) is 22.6 Å². The van der Waals surface area contributed by atoms with Gasteiger partial charge in [-0.1, -0.05) is 32.1 Å². The zero-order valence-corrected chi connectivity index (χ0v) is 24.7. The van der Waals surface area contributed by atoms with E-state index in [0.29, 0.717) is 18.2 Å². The minimum atomic E-state index is -1.03. The molecule has 3 amide bonds. The summed E-state index contributed by atoms with van der Waals surface area (Å²) in [4.78, 5) is 68.6. The molecule has 1 atom stereocenters. The minimum absolute atomic E-state index is 0.0534. The summed E-state index contributed by atoms with van der Waals surface area (Å²) < 4.78 is 1.45. The summed E-state index contributed by atoms with van der Waals surface area (Å²) in [6.07, 6.45) is 8.87. The second-order valence-electron chi connectivity index (χ2n) is 10.7. The second-order valence-corrected chi connectivity index (χ2v) is 10.7. The van der Waals surface area contributed by atoms with Crippen LogP contribution in [0.2, 0.25) is 0 Å². The van der Waals surface area contributed by atoms with E-state index in [9.17, 15) is 19.2 Å². The van der Waals surface area contributed by atoms with E-state index in [1.54, 1.807) is 38.5 Å². The Morgan fingerprint density at radius 3 is 2.56 bits per heavy atom. The van der Waals surface area contributed by atoms with Gasteiger partial charge in [0.25, 0.3) is 11.5 Å². The van der Waals surface area contributed by atoms with Crippen LogP contribution in [0.5, 0.6) is 0 Å². The van der Waals surface area contributed by atoms with Crippen molar-refractivity contribution in [3.63, 3.8) is 0 Å². The van der Waals surface area contributed by atoms with E-state index in [1.165, 1.54) is 34.0 Å². The Kier molecular flexibility index (Phi) is 10.2. The van der Waals surface area contributed by atoms with E-state index in [-0.39, 0.29) is 30.4 Å². The highest BCUT2D eigenvalue weighted by atomic mass is 16.2. The number of para-hydroxylation sites is 1. The Labute approximate surface area is 249 Å². The van der Waals surface area contributed by atoms with Gasteiger partial charge in [0.05, 0.1) is 17.6 Å². The first-order chi connectivity index (χ1) is 20.6. The van der Waals surface area contributed by atoms with Crippen LogP contribution in [0.25, 0.3) is 11.0 Å². The SMILES string of the molecule is CC(C)Cc1cccc2[nH]c(Cn3cccc(NC(=O)C(CC/C=C/C(=O)N(C)C)NC(=O)c4ncccn4)c3=O)nc12. The fraction of sp³-hybridized carbons (Fsp3) is 0.323. The van der Waals surface area contributed by atoms with Crippen molar-refractivity contribution < 1.29 is 14.4 Å². The van der Waals surface area contributed by atoms with Gasteiger partial charge in [0.1, 0.15) is 17.6 Å². The van der Waals surface area contributed by atoms with Crippen molar-refractivity contribution in [3.8, 4) is 0 Å². The molecule has 0 aliphatic heterocycles. The average Bonchev–Trinajstić information content (AvgIpc) is 3.40. The van der Waals surface area contributed by atoms with Crippen molar-refractivity contribution in [1.29, 1.82) is 0 Å². The molecule has 0 bridgehead atoms. The molecule has 1 unspecified atom stereocenters. The number of benzene rings is 1. The van der Waals surface area contributed by atoms with Crippen molar-refractivity contribution in [2.24, 2.45) is 5.92 Å². The van der Waals surface area contributed by atoms with Gasteiger partial charge >= 0.3 is 0 Å².